The molecule has 0 aliphatic carbocycles. The topological polar surface area (TPSA) is 47.6 Å². The predicted molar refractivity (Wildman–Crippen MR) is 110 cm³/mol. The van der Waals surface area contributed by atoms with Crippen molar-refractivity contribution in [2.24, 2.45) is 0 Å². The number of amides is 1. The summed E-state index contributed by atoms with van der Waals surface area (Å²) in [4.78, 5) is 12.7. The van der Waals surface area contributed by atoms with Gasteiger partial charge in [-0.05, 0) is 66.6 Å². The van der Waals surface area contributed by atoms with Crippen LogP contribution >= 0.6 is 34.2 Å². The van der Waals surface area contributed by atoms with E-state index in [1.165, 1.54) is 0 Å². The Balaban J connectivity index is 2.33. The van der Waals surface area contributed by atoms with Crippen molar-refractivity contribution in [2.75, 3.05) is 18.5 Å². The Hall–Kier alpha value is -1.47. The number of hydrogen-bond donors (Lipinski definition) is 1. The number of hydrogen-bond acceptors (Lipinski definition) is 3. The summed E-state index contributed by atoms with van der Waals surface area (Å²) in [5.74, 6) is 1.01. The van der Waals surface area contributed by atoms with E-state index in [0.717, 1.165) is 15.6 Å². The Bertz CT molecular complexity index is 744. The summed E-state index contributed by atoms with van der Waals surface area (Å²) in [6.07, 6.45) is 0.898. The van der Waals surface area contributed by atoms with Crippen molar-refractivity contribution in [2.45, 2.75) is 27.2 Å². The van der Waals surface area contributed by atoms with Crippen LogP contribution in [0.2, 0.25) is 5.02 Å². The van der Waals surface area contributed by atoms with Crippen LogP contribution in [0.25, 0.3) is 0 Å². The first kappa shape index (κ1) is 19.8. The van der Waals surface area contributed by atoms with Crippen molar-refractivity contribution in [1.29, 1.82) is 0 Å². The van der Waals surface area contributed by atoms with E-state index in [2.05, 4.69) is 27.9 Å². The number of ether oxygens (including phenoxy) is 2. The van der Waals surface area contributed by atoms with Crippen LogP contribution in [0.5, 0.6) is 11.5 Å². The van der Waals surface area contributed by atoms with Crippen molar-refractivity contribution < 1.29 is 14.3 Å². The van der Waals surface area contributed by atoms with Crippen LogP contribution in [0.15, 0.2) is 30.3 Å². The summed E-state index contributed by atoms with van der Waals surface area (Å²) in [7, 11) is 0. The van der Waals surface area contributed by atoms with Gasteiger partial charge < -0.3 is 14.8 Å². The fourth-order valence-corrected chi connectivity index (χ4v) is 3.31. The Morgan fingerprint density at radius 2 is 2.00 bits per heavy atom. The molecule has 0 atom stereocenters. The maximum atomic E-state index is 12.7. The van der Waals surface area contributed by atoms with Gasteiger partial charge in [-0.3, -0.25) is 4.79 Å². The first-order valence-corrected chi connectivity index (χ1v) is 9.59. The van der Waals surface area contributed by atoms with Crippen LogP contribution in [0.1, 0.15) is 36.2 Å². The highest BCUT2D eigenvalue weighted by atomic mass is 127. The highest BCUT2D eigenvalue weighted by Crippen LogP contribution is 2.35. The zero-order valence-electron chi connectivity index (χ0n) is 14.5. The molecule has 0 aliphatic rings. The second-order valence-electron chi connectivity index (χ2n) is 5.45. The first-order chi connectivity index (χ1) is 12.0. The molecule has 2 rings (SSSR count). The molecular weight excluding hydrogens is 453 g/mol. The lowest BCUT2D eigenvalue weighted by Gasteiger charge is -2.16. The monoisotopic (exact) mass is 473 g/mol. The molecule has 0 aromatic heterocycles. The summed E-state index contributed by atoms with van der Waals surface area (Å²) in [6.45, 7) is 6.93. The van der Waals surface area contributed by atoms with Crippen molar-refractivity contribution in [3.8, 4) is 11.5 Å². The first-order valence-electron chi connectivity index (χ1n) is 8.13. The minimum absolute atomic E-state index is 0.239. The Morgan fingerprint density at radius 1 is 1.24 bits per heavy atom. The highest BCUT2D eigenvalue weighted by Gasteiger charge is 2.17. The molecule has 0 radical (unpaired) electrons. The molecule has 0 bridgehead atoms. The minimum Gasteiger partial charge on any atom is -0.490 e. The van der Waals surface area contributed by atoms with Gasteiger partial charge in [0.15, 0.2) is 11.5 Å². The normalized spacial score (nSPS) is 10.4. The molecule has 0 spiro atoms. The van der Waals surface area contributed by atoms with Gasteiger partial charge in [-0.25, -0.2) is 0 Å². The number of carbonyl (C=O) groups is 1. The van der Waals surface area contributed by atoms with E-state index in [0.29, 0.717) is 41.0 Å². The van der Waals surface area contributed by atoms with Crippen molar-refractivity contribution >= 4 is 45.8 Å². The molecule has 134 valence electrons. The van der Waals surface area contributed by atoms with Crippen molar-refractivity contribution in [3.63, 3.8) is 0 Å². The second kappa shape index (κ2) is 9.29. The highest BCUT2D eigenvalue weighted by molar-refractivity contribution is 14.1. The predicted octanol–water partition coefficient (Wildman–Crippen LogP) is 5.69. The molecule has 4 nitrogen and oxygen atoms in total. The van der Waals surface area contributed by atoms with Gasteiger partial charge in [-0.15, -0.1) is 0 Å². The quantitative estimate of drug-likeness (QED) is 0.525. The average molecular weight is 474 g/mol. The zero-order chi connectivity index (χ0) is 18.4. The van der Waals surface area contributed by atoms with E-state index < -0.39 is 0 Å². The summed E-state index contributed by atoms with van der Waals surface area (Å²) in [6, 6.07) is 9.00. The average Bonchev–Trinajstić information content (AvgIpc) is 2.57. The van der Waals surface area contributed by atoms with Crippen molar-refractivity contribution in [1.82, 2.24) is 0 Å². The van der Waals surface area contributed by atoms with E-state index >= 15 is 0 Å². The fraction of sp³-hybridized carbons (Fsp3) is 0.316. The summed E-state index contributed by atoms with van der Waals surface area (Å²) < 4.78 is 12.3. The van der Waals surface area contributed by atoms with E-state index in [1.807, 2.05) is 32.9 Å². The number of para-hydroxylation sites is 1. The summed E-state index contributed by atoms with van der Waals surface area (Å²) in [5, 5.41) is 3.39. The Morgan fingerprint density at radius 3 is 2.64 bits per heavy atom. The number of anilines is 1. The van der Waals surface area contributed by atoms with Gasteiger partial charge in [0.2, 0.25) is 0 Å². The van der Waals surface area contributed by atoms with E-state index in [-0.39, 0.29) is 5.91 Å². The van der Waals surface area contributed by atoms with Crippen LogP contribution in [-0.2, 0) is 0 Å². The maximum absolute atomic E-state index is 12.7. The SMILES string of the molecule is CCCOc1c(I)cc(C(=O)Nc2c(C)cccc2Cl)cc1OCC. The molecule has 2 aromatic rings. The molecular formula is C19H21ClINO3. The zero-order valence-corrected chi connectivity index (χ0v) is 17.4. The number of halogens is 2. The smallest absolute Gasteiger partial charge is 0.255 e. The number of carbonyl (C=O) groups excluding carboxylic acids is 1. The lowest BCUT2D eigenvalue weighted by Crippen LogP contribution is -2.14. The number of aryl methyl sites for hydroxylation is 1. The second-order valence-corrected chi connectivity index (χ2v) is 7.02. The Labute approximate surface area is 167 Å². The minimum atomic E-state index is -0.239. The molecule has 2 aromatic carbocycles. The van der Waals surface area contributed by atoms with Gasteiger partial charge in [0.1, 0.15) is 0 Å². The number of nitrogens with one attached hydrogen (secondary N) is 1. The molecule has 1 amide bonds. The molecule has 0 saturated carbocycles. The third-order valence-corrected chi connectivity index (χ3v) is 4.60. The molecule has 1 N–H and O–H groups in total. The van der Waals surface area contributed by atoms with Gasteiger partial charge in [0, 0.05) is 5.56 Å². The molecule has 0 aliphatic heterocycles. The molecule has 25 heavy (non-hydrogen) atoms. The van der Waals surface area contributed by atoms with Crippen LogP contribution in [0.3, 0.4) is 0 Å². The van der Waals surface area contributed by atoms with E-state index in [1.54, 1.807) is 18.2 Å². The van der Waals surface area contributed by atoms with Crippen LogP contribution in [-0.4, -0.2) is 19.1 Å². The van der Waals surface area contributed by atoms with E-state index in [4.69, 9.17) is 21.1 Å². The molecule has 0 fully saturated rings. The van der Waals surface area contributed by atoms with Gasteiger partial charge in [0.05, 0.1) is 27.5 Å². The molecule has 0 unspecified atom stereocenters. The summed E-state index contributed by atoms with van der Waals surface area (Å²) in [5.41, 5.74) is 2.02. The van der Waals surface area contributed by atoms with Crippen LogP contribution in [0, 0.1) is 10.5 Å². The largest absolute Gasteiger partial charge is 0.490 e. The summed E-state index contributed by atoms with van der Waals surface area (Å²) >= 11 is 8.35. The molecule has 6 heteroatoms. The maximum Gasteiger partial charge on any atom is 0.255 e. The van der Waals surface area contributed by atoms with Gasteiger partial charge in [-0.2, -0.15) is 0 Å². The lowest BCUT2D eigenvalue weighted by atomic mass is 10.1. The van der Waals surface area contributed by atoms with Gasteiger partial charge in [-0.1, -0.05) is 30.7 Å². The third-order valence-electron chi connectivity index (χ3n) is 3.48. The van der Waals surface area contributed by atoms with Gasteiger partial charge in [0.25, 0.3) is 5.91 Å². The Kier molecular flexibility index (Phi) is 7.38. The van der Waals surface area contributed by atoms with Crippen LogP contribution < -0.4 is 14.8 Å². The molecule has 0 heterocycles. The van der Waals surface area contributed by atoms with E-state index in [9.17, 15) is 4.79 Å². The van der Waals surface area contributed by atoms with Crippen LogP contribution in [0.4, 0.5) is 5.69 Å². The third kappa shape index (κ3) is 5.01. The number of rotatable bonds is 7. The number of benzene rings is 2. The van der Waals surface area contributed by atoms with Crippen molar-refractivity contribution in [3.05, 3.63) is 50.1 Å². The lowest BCUT2D eigenvalue weighted by molar-refractivity contribution is 0.102. The molecule has 0 saturated heterocycles. The fourth-order valence-electron chi connectivity index (χ4n) is 2.28. The standard InChI is InChI=1S/C19H21ClINO3/c1-4-9-25-18-15(21)10-13(11-16(18)24-5-2)19(23)22-17-12(3)7-6-8-14(17)20/h6-8,10-11H,4-5,9H2,1-3H3,(H,22,23). The van der Waals surface area contributed by atoms with Gasteiger partial charge >= 0.3 is 0 Å².